The molecule has 0 unspecified atom stereocenters. The van der Waals surface area contributed by atoms with E-state index in [2.05, 4.69) is 10.4 Å². The number of nitrogens with zero attached hydrogens (tertiary/aromatic N) is 2. The molecule has 1 aromatic heterocycles. The third kappa shape index (κ3) is 6.35. The summed E-state index contributed by atoms with van der Waals surface area (Å²) in [6.45, 7) is 4.96. The molecule has 29 heavy (non-hydrogen) atoms. The highest BCUT2D eigenvalue weighted by Gasteiger charge is 2.09. The van der Waals surface area contributed by atoms with Crippen molar-refractivity contribution in [2.45, 2.75) is 31.7 Å². The predicted molar refractivity (Wildman–Crippen MR) is 115 cm³/mol. The van der Waals surface area contributed by atoms with Crippen LogP contribution in [0.5, 0.6) is 0 Å². The Labute approximate surface area is 174 Å². The Bertz CT molecular complexity index is 1000. The molecule has 0 aliphatic carbocycles. The van der Waals surface area contributed by atoms with Crippen molar-refractivity contribution in [1.82, 2.24) is 15.1 Å². The van der Waals surface area contributed by atoms with Gasteiger partial charge in [0.15, 0.2) is 6.61 Å². The first kappa shape index (κ1) is 20.9. The summed E-state index contributed by atoms with van der Waals surface area (Å²) in [6.07, 6.45) is 0.763. The summed E-state index contributed by atoms with van der Waals surface area (Å²) in [4.78, 5) is 24.7. The highest BCUT2D eigenvalue weighted by atomic mass is 32.2. The van der Waals surface area contributed by atoms with Crippen LogP contribution in [0, 0.1) is 13.8 Å². The molecule has 1 amide bonds. The monoisotopic (exact) mass is 411 g/mol. The number of amides is 1. The number of nitrogens with one attached hydrogen (secondary N) is 1. The number of hydrogen-bond donors (Lipinski definition) is 1. The molecular weight excluding hydrogens is 386 g/mol. The zero-order valence-corrected chi connectivity index (χ0v) is 17.5. The maximum Gasteiger partial charge on any atom is 0.316 e. The van der Waals surface area contributed by atoms with Gasteiger partial charge in [-0.1, -0.05) is 30.3 Å². The lowest BCUT2D eigenvalue weighted by atomic mass is 10.1. The number of rotatable bonds is 9. The molecule has 152 valence electrons. The van der Waals surface area contributed by atoms with Crippen molar-refractivity contribution in [3.63, 3.8) is 0 Å². The van der Waals surface area contributed by atoms with E-state index < -0.39 is 5.97 Å². The number of aryl methyl sites for hydroxylation is 3. The van der Waals surface area contributed by atoms with Gasteiger partial charge in [0, 0.05) is 23.7 Å². The summed E-state index contributed by atoms with van der Waals surface area (Å²) in [6, 6.07) is 16.2. The number of hydrogen-bond acceptors (Lipinski definition) is 5. The fraction of sp³-hybridized carbons (Fsp3) is 0.318. The molecule has 3 rings (SSSR count). The molecule has 0 atom stereocenters. The maximum absolute atomic E-state index is 11.9. The van der Waals surface area contributed by atoms with Crippen molar-refractivity contribution in [2.75, 3.05) is 18.9 Å². The Morgan fingerprint density at radius 2 is 1.90 bits per heavy atom. The van der Waals surface area contributed by atoms with Gasteiger partial charge in [0.05, 0.1) is 11.4 Å². The van der Waals surface area contributed by atoms with Crippen LogP contribution in [0.25, 0.3) is 10.8 Å². The number of carbonyl (C=O) groups is 2. The second-order valence-electron chi connectivity index (χ2n) is 6.81. The van der Waals surface area contributed by atoms with E-state index in [4.69, 9.17) is 4.74 Å². The molecule has 0 fully saturated rings. The van der Waals surface area contributed by atoms with Crippen molar-refractivity contribution in [2.24, 2.45) is 0 Å². The SMILES string of the molecule is Cc1cc(C)n(CCCNC(=O)COC(=O)CSc2ccc3ccccc3c2)n1. The van der Waals surface area contributed by atoms with Crippen molar-refractivity contribution in [3.05, 3.63) is 59.9 Å². The van der Waals surface area contributed by atoms with E-state index in [9.17, 15) is 9.59 Å². The average Bonchev–Trinajstić information content (AvgIpc) is 3.04. The zero-order valence-electron chi connectivity index (χ0n) is 16.7. The quantitative estimate of drug-likeness (QED) is 0.331. The first-order valence-electron chi connectivity index (χ1n) is 9.56. The Balaban J connectivity index is 1.32. The second-order valence-corrected chi connectivity index (χ2v) is 7.86. The number of benzene rings is 2. The smallest absolute Gasteiger partial charge is 0.316 e. The first-order valence-corrected chi connectivity index (χ1v) is 10.5. The third-order valence-electron chi connectivity index (χ3n) is 4.41. The van der Waals surface area contributed by atoms with Gasteiger partial charge in [-0.05, 0) is 49.2 Å². The van der Waals surface area contributed by atoms with E-state index in [0.717, 1.165) is 40.0 Å². The zero-order chi connectivity index (χ0) is 20.6. The molecule has 0 saturated carbocycles. The highest BCUT2D eigenvalue weighted by molar-refractivity contribution is 8.00. The van der Waals surface area contributed by atoms with Gasteiger partial charge in [-0.15, -0.1) is 11.8 Å². The van der Waals surface area contributed by atoms with Crippen LogP contribution >= 0.6 is 11.8 Å². The van der Waals surface area contributed by atoms with Gasteiger partial charge >= 0.3 is 5.97 Å². The third-order valence-corrected chi connectivity index (χ3v) is 5.38. The van der Waals surface area contributed by atoms with Crippen molar-refractivity contribution in [1.29, 1.82) is 0 Å². The van der Waals surface area contributed by atoms with Crippen LogP contribution in [0.4, 0.5) is 0 Å². The van der Waals surface area contributed by atoms with Crippen molar-refractivity contribution < 1.29 is 14.3 Å². The first-order chi connectivity index (χ1) is 14.0. The van der Waals surface area contributed by atoms with Gasteiger partial charge in [-0.25, -0.2) is 0 Å². The fourth-order valence-corrected chi connectivity index (χ4v) is 3.74. The molecule has 1 heterocycles. The fourth-order valence-electron chi connectivity index (χ4n) is 3.00. The molecule has 7 heteroatoms. The molecule has 0 aliphatic heterocycles. The largest absolute Gasteiger partial charge is 0.455 e. The van der Waals surface area contributed by atoms with Gasteiger partial charge in [-0.2, -0.15) is 5.10 Å². The van der Waals surface area contributed by atoms with Crippen LogP contribution < -0.4 is 5.32 Å². The Morgan fingerprint density at radius 1 is 1.10 bits per heavy atom. The lowest BCUT2D eigenvalue weighted by Crippen LogP contribution is -2.30. The van der Waals surface area contributed by atoms with Gasteiger partial charge in [0.2, 0.25) is 0 Å². The minimum absolute atomic E-state index is 0.170. The lowest BCUT2D eigenvalue weighted by molar-refractivity contribution is -0.145. The van der Waals surface area contributed by atoms with E-state index in [0.29, 0.717) is 6.54 Å². The van der Waals surface area contributed by atoms with Crippen LogP contribution in [-0.4, -0.2) is 40.6 Å². The minimum atomic E-state index is -0.402. The molecule has 0 radical (unpaired) electrons. The maximum atomic E-state index is 11.9. The van der Waals surface area contributed by atoms with E-state index >= 15 is 0 Å². The van der Waals surface area contributed by atoms with E-state index in [1.807, 2.05) is 67.1 Å². The minimum Gasteiger partial charge on any atom is -0.455 e. The summed E-state index contributed by atoms with van der Waals surface area (Å²) in [5.74, 6) is -0.521. The number of ether oxygens (including phenoxy) is 1. The molecule has 0 saturated heterocycles. The van der Waals surface area contributed by atoms with E-state index in [-0.39, 0.29) is 18.3 Å². The highest BCUT2D eigenvalue weighted by Crippen LogP contribution is 2.23. The Hall–Kier alpha value is -2.80. The summed E-state index contributed by atoms with van der Waals surface area (Å²) in [5, 5.41) is 9.44. The Kier molecular flexibility index (Phi) is 7.30. The topological polar surface area (TPSA) is 73.2 Å². The standard InChI is InChI=1S/C22H25N3O3S/c1-16-12-17(2)25(24-16)11-5-10-23-21(26)14-28-22(27)15-29-20-9-8-18-6-3-4-7-19(18)13-20/h3-4,6-9,12-13H,5,10-11,14-15H2,1-2H3,(H,23,26). The molecule has 6 nitrogen and oxygen atoms in total. The van der Waals surface area contributed by atoms with Gasteiger partial charge in [0.25, 0.3) is 5.91 Å². The molecule has 3 aromatic rings. The molecule has 2 aromatic carbocycles. The number of thioether (sulfide) groups is 1. The number of aromatic nitrogens is 2. The Morgan fingerprint density at radius 3 is 2.66 bits per heavy atom. The summed E-state index contributed by atoms with van der Waals surface area (Å²) in [5.41, 5.74) is 2.09. The molecule has 1 N–H and O–H groups in total. The van der Waals surface area contributed by atoms with E-state index in [1.165, 1.54) is 11.8 Å². The predicted octanol–water partition coefficient (Wildman–Crippen LogP) is 3.49. The summed E-state index contributed by atoms with van der Waals surface area (Å²) >= 11 is 1.40. The lowest BCUT2D eigenvalue weighted by Gasteiger charge is -2.08. The average molecular weight is 412 g/mol. The summed E-state index contributed by atoms with van der Waals surface area (Å²) in [7, 11) is 0. The number of carbonyl (C=O) groups excluding carboxylic acids is 2. The molecule has 0 aliphatic rings. The molecular formula is C22H25N3O3S. The van der Waals surface area contributed by atoms with Gasteiger partial charge in [-0.3, -0.25) is 14.3 Å². The number of fused-ring (bicyclic) bond motifs is 1. The van der Waals surface area contributed by atoms with Crippen LogP contribution in [0.15, 0.2) is 53.4 Å². The van der Waals surface area contributed by atoms with Gasteiger partial charge in [0.1, 0.15) is 0 Å². The van der Waals surface area contributed by atoms with Crippen LogP contribution in [0.3, 0.4) is 0 Å². The van der Waals surface area contributed by atoms with Crippen LogP contribution in [0.2, 0.25) is 0 Å². The van der Waals surface area contributed by atoms with Crippen LogP contribution in [-0.2, 0) is 20.9 Å². The molecule has 0 spiro atoms. The second kappa shape index (κ2) is 10.1. The van der Waals surface area contributed by atoms with Gasteiger partial charge < -0.3 is 10.1 Å². The molecule has 0 bridgehead atoms. The van der Waals surface area contributed by atoms with Crippen molar-refractivity contribution in [3.8, 4) is 0 Å². The van der Waals surface area contributed by atoms with Crippen LogP contribution in [0.1, 0.15) is 17.8 Å². The normalized spacial score (nSPS) is 10.8. The van der Waals surface area contributed by atoms with Crippen molar-refractivity contribution >= 4 is 34.4 Å². The summed E-state index contributed by atoms with van der Waals surface area (Å²) < 4.78 is 6.98. The number of esters is 1. The van der Waals surface area contributed by atoms with E-state index in [1.54, 1.807) is 0 Å².